The Morgan fingerprint density at radius 2 is 1.68 bits per heavy atom. The van der Waals surface area contributed by atoms with Crippen LogP contribution < -0.4 is 19.5 Å². The first-order chi connectivity index (χ1) is 15.1. The number of nitrogens with one attached hydrogen (secondary N) is 1. The molecule has 0 saturated heterocycles. The lowest BCUT2D eigenvalue weighted by Crippen LogP contribution is -2.07. The summed E-state index contributed by atoms with van der Waals surface area (Å²) in [4.78, 5) is 16.8. The normalized spacial score (nSPS) is 10.8. The van der Waals surface area contributed by atoms with E-state index >= 15 is 0 Å². The molecule has 1 heterocycles. The maximum atomic E-state index is 12.3. The van der Waals surface area contributed by atoms with Gasteiger partial charge in [-0.2, -0.15) is 0 Å². The highest BCUT2D eigenvalue weighted by Gasteiger charge is 2.08. The quantitative estimate of drug-likeness (QED) is 0.414. The minimum atomic E-state index is -0.251. The molecule has 0 atom stereocenters. The van der Waals surface area contributed by atoms with E-state index in [0.717, 1.165) is 22.6 Å². The van der Waals surface area contributed by atoms with Gasteiger partial charge in [0.25, 0.3) is 0 Å². The lowest BCUT2D eigenvalue weighted by atomic mass is 10.2. The van der Waals surface area contributed by atoms with E-state index in [1.807, 2.05) is 68.6 Å². The van der Waals surface area contributed by atoms with Gasteiger partial charge in [-0.1, -0.05) is 6.07 Å². The highest BCUT2D eigenvalue weighted by Crippen LogP contribution is 2.29. The third-order valence-electron chi connectivity index (χ3n) is 4.19. The summed E-state index contributed by atoms with van der Waals surface area (Å²) in [7, 11) is 0. The van der Waals surface area contributed by atoms with Crippen molar-refractivity contribution >= 4 is 28.5 Å². The Morgan fingerprint density at radius 3 is 2.39 bits per heavy atom. The van der Waals surface area contributed by atoms with Crippen molar-refractivity contribution in [1.29, 1.82) is 0 Å². The van der Waals surface area contributed by atoms with Crippen LogP contribution in [0.2, 0.25) is 0 Å². The molecule has 0 fully saturated rings. The maximum absolute atomic E-state index is 12.3. The first-order valence-electron chi connectivity index (χ1n) is 10.2. The van der Waals surface area contributed by atoms with Gasteiger partial charge in [0.05, 0.1) is 25.5 Å². The van der Waals surface area contributed by atoms with E-state index < -0.39 is 0 Å². The summed E-state index contributed by atoms with van der Waals surface area (Å²) in [6.45, 7) is 7.52. The smallest absolute Gasteiger partial charge is 0.250 e. The molecule has 162 valence electrons. The van der Waals surface area contributed by atoms with Gasteiger partial charge in [0.2, 0.25) is 5.91 Å². The number of aromatic nitrogens is 1. The molecule has 1 amide bonds. The summed E-state index contributed by atoms with van der Waals surface area (Å²) >= 11 is 1.38. The summed E-state index contributed by atoms with van der Waals surface area (Å²) < 4.78 is 16.6. The second-order valence-electron chi connectivity index (χ2n) is 6.39. The number of thiazole rings is 1. The number of hydrogen-bond acceptors (Lipinski definition) is 6. The molecule has 0 radical (unpaired) electrons. The van der Waals surface area contributed by atoms with Gasteiger partial charge in [0.15, 0.2) is 16.6 Å². The van der Waals surface area contributed by atoms with Gasteiger partial charge in [0, 0.05) is 17.0 Å². The number of anilines is 1. The van der Waals surface area contributed by atoms with Crippen LogP contribution in [0, 0.1) is 0 Å². The summed E-state index contributed by atoms with van der Waals surface area (Å²) in [5.74, 6) is 1.92. The zero-order valence-corrected chi connectivity index (χ0v) is 18.7. The van der Waals surface area contributed by atoms with Crippen molar-refractivity contribution in [1.82, 2.24) is 4.98 Å². The van der Waals surface area contributed by atoms with Gasteiger partial charge in [-0.15, -0.1) is 11.3 Å². The molecule has 0 aliphatic heterocycles. The maximum Gasteiger partial charge on any atom is 0.250 e. The summed E-state index contributed by atoms with van der Waals surface area (Å²) in [6.07, 6.45) is 3.21. The van der Waals surface area contributed by atoms with Crippen molar-refractivity contribution in [3.63, 3.8) is 0 Å². The lowest BCUT2D eigenvalue weighted by Gasteiger charge is -2.11. The summed E-state index contributed by atoms with van der Waals surface area (Å²) in [6, 6.07) is 13.3. The molecule has 2 aromatic carbocycles. The molecule has 0 bridgehead atoms. The summed E-state index contributed by atoms with van der Waals surface area (Å²) in [5, 5.41) is 5.26. The van der Waals surface area contributed by atoms with Crippen molar-refractivity contribution < 1.29 is 19.0 Å². The fourth-order valence-electron chi connectivity index (χ4n) is 2.84. The molecular weight excluding hydrogens is 412 g/mol. The van der Waals surface area contributed by atoms with Crippen molar-refractivity contribution in [2.75, 3.05) is 25.1 Å². The molecule has 31 heavy (non-hydrogen) atoms. The first kappa shape index (κ1) is 22.4. The monoisotopic (exact) mass is 438 g/mol. The van der Waals surface area contributed by atoms with Crippen LogP contribution in [0.3, 0.4) is 0 Å². The average Bonchev–Trinajstić information content (AvgIpc) is 3.23. The molecule has 3 aromatic rings. The summed E-state index contributed by atoms with van der Waals surface area (Å²) in [5.41, 5.74) is 2.62. The second kappa shape index (κ2) is 11.2. The van der Waals surface area contributed by atoms with Gasteiger partial charge >= 0.3 is 0 Å². The molecule has 1 aromatic heterocycles. The minimum absolute atomic E-state index is 0.251. The largest absolute Gasteiger partial charge is 0.494 e. The van der Waals surface area contributed by atoms with Crippen LogP contribution in [-0.4, -0.2) is 30.7 Å². The Hall–Kier alpha value is -3.32. The molecule has 7 heteroatoms. The Labute approximate surface area is 186 Å². The number of amides is 1. The molecule has 0 saturated carbocycles. The van der Waals surface area contributed by atoms with Crippen LogP contribution in [0.25, 0.3) is 17.3 Å². The Balaban J connectivity index is 1.63. The van der Waals surface area contributed by atoms with Gasteiger partial charge in [0.1, 0.15) is 5.75 Å². The number of nitrogens with zero attached hydrogens (tertiary/aromatic N) is 1. The van der Waals surface area contributed by atoms with Crippen molar-refractivity contribution in [3.05, 3.63) is 59.5 Å². The third-order valence-corrected chi connectivity index (χ3v) is 4.95. The number of hydrogen-bond donors (Lipinski definition) is 1. The molecule has 0 unspecified atom stereocenters. The van der Waals surface area contributed by atoms with Crippen molar-refractivity contribution in [2.45, 2.75) is 20.8 Å². The minimum Gasteiger partial charge on any atom is -0.494 e. The van der Waals surface area contributed by atoms with E-state index in [2.05, 4.69) is 10.3 Å². The topological polar surface area (TPSA) is 69.7 Å². The molecule has 0 spiro atoms. The van der Waals surface area contributed by atoms with Crippen molar-refractivity contribution in [2.24, 2.45) is 0 Å². The Kier molecular flexibility index (Phi) is 8.06. The van der Waals surface area contributed by atoms with E-state index in [0.29, 0.717) is 36.5 Å². The van der Waals surface area contributed by atoms with Gasteiger partial charge in [-0.3, -0.25) is 10.1 Å². The lowest BCUT2D eigenvalue weighted by molar-refractivity contribution is -0.111. The van der Waals surface area contributed by atoms with Crippen LogP contribution in [0.4, 0.5) is 5.13 Å². The van der Waals surface area contributed by atoms with Crippen LogP contribution in [0.15, 0.2) is 53.9 Å². The Morgan fingerprint density at radius 1 is 0.968 bits per heavy atom. The molecule has 0 aliphatic rings. The van der Waals surface area contributed by atoms with Crippen LogP contribution in [0.1, 0.15) is 26.3 Å². The molecule has 1 N–H and O–H groups in total. The second-order valence-corrected chi connectivity index (χ2v) is 7.25. The van der Waals surface area contributed by atoms with E-state index in [1.54, 1.807) is 6.08 Å². The van der Waals surface area contributed by atoms with Gasteiger partial charge in [-0.05, 0) is 68.8 Å². The number of rotatable bonds is 10. The van der Waals surface area contributed by atoms with Gasteiger partial charge in [-0.25, -0.2) is 4.98 Å². The van der Waals surface area contributed by atoms with E-state index in [9.17, 15) is 4.79 Å². The fraction of sp³-hybridized carbons (Fsp3) is 0.250. The van der Waals surface area contributed by atoms with Crippen molar-refractivity contribution in [3.8, 4) is 28.5 Å². The molecular formula is C24H26N2O4S. The zero-order valence-electron chi connectivity index (χ0n) is 17.9. The standard InChI is InChI=1S/C24H26N2O4S/c1-4-28-19-11-9-18(10-12-19)20-16-31-24(25-20)26-23(27)14-8-17-7-13-21(29-5-2)22(15-17)30-6-3/h7-16H,4-6H2,1-3H3,(H,25,26,27)/b14-8+. The van der Waals surface area contributed by atoms with Crippen LogP contribution >= 0.6 is 11.3 Å². The average molecular weight is 439 g/mol. The third kappa shape index (κ3) is 6.33. The number of carbonyl (C=O) groups is 1. The molecule has 6 nitrogen and oxygen atoms in total. The Bertz CT molecular complexity index is 1030. The fourth-order valence-corrected chi connectivity index (χ4v) is 3.57. The number of benzene rings is 2. The predicted octanol–water partition coefficient (Wildman–Crippen LogP) is 5.66. The molecule has 3 rings (SSSR count). The van der Waals surface area contributed by atoms with Crippen LogP contribution in [0.5, 0.6) is 17.2 Å². The van der Waals surface area contributed by atoms with Gasteiger partial charge < -0.3 is 14.2 Å². The highest BCUT2D eigenvalue weighted by molar-refractivity contribution is 7.14. The first-order valence-corrected chi connectivity index (χ1v) is 11.1. The highest BCUT2D eigenvalue weighted by atomic mass is 32.1. The number of carbonyl (C=O) groups excluding carboxylic acids is 1. The SMILES string of the molecule is CCOc1ccc(-c2csc(NC(=O)/C=C/c3ccc(OCC)c(OCC)c3)n2)cc1. The van der Waals surface area contributed by atoms with E-state index in [-0.39, 0.29) is 5.91 Å². The predicted molar refractivity (Wildman–Crippen MR) is 125 cm³/mol. The van der Waals surface area contributed by atoms with E-state index in [4.69, 9.17) is 14.2 Å². The zero-order chi connectivity index (χ0) is 22.1. The van der Waals surface area contributed by atoms with Crippen LogP contribution in [-0.2, 0) is 4.79 Å². The number of ether oxygens (including phenoxy) is 3. The molecule has 0 aliphatic carbocycles. The van der Waals surface area contributed by atoms with E-state index in [1.165, 1.54) is 17.4 Å².